The van der Waals surface area contributed by atoms with Gasteiger partial charge in [-0.05, 0) is 46.0 Å². The third-order valence-electron chi connectivity index (χ3n) is 16.0. The highest BCUT2D eigenvalue weighted by atomic mass is 19.1. The minimum atomic E-state index is -2.04. The van der Waals surface area contributed by atoms with Crippen molar-refractivity contribution < 1.29 is 73.2 Å². The predicted octanol–water partition coefficient (Wildman–Crippen LogP) is 5.60. The van der Waals surface area contributed by atoms with Crippen molar-refractivity contribution in [3.63, 3.8) is 0 Å². The van der Waals surface area contributed by atoms with Gasteiger partial charge in [-0.25, -0.2) is 9.18 Å². The lowest BCUT2D eigenvalue weighted by molar-refractivity contribution is -0.160. The number of carboxylic acids is 1. The number of fused-ring (bicyclic) bond motifs is 15. The van der Waals surface area contributed by atoms with Gasteiger partial charge >= 0.3 is 17.7 Å². The SMILES string of the molecule is CCn1cc(C(=O)O)c(=O)c2cc(F)c(N3CCNCC3)cc21.CO[C@H]1/C=C/O[C@@]2(C)Oc3c(C)c(O)c4c(O)c(c(/C=N/N5CCN(C)CC5)c(O)c4c3C2=O)NC(=O)/C(C)=C\C=C\[C@H](C)[C@H](O)[C@@H](C)[C@@H](O)[C@@H](C)[C@H](OC(C)=O)[C@@H]1C. The van der Waals surface area contributed by atoms with E-state index in [0.717, 1.165) is 32.2 Å². The molecule has 0 saturated carbocycles. The third kappa shape index (κ3) is 12.6. The number of benzene rings is 3. The molecule has 2 saturated heterocycles. The van der Waals surface area contributed by atoms with Gasteiger partial charge in [0.1, 0.15) is 34.7 Å². The number of hydrazone groups is 1. The van der Waals surface area contributed by atoms with Gasteiger partial charge in [-0.1, -0.05) is 45.9 Å². The molecule has 2 fully saturated rings. The molecule has 5 aliphatic heterocycles. The summed E-state index contributed by atoms with van der Waals surface area (Å²) in [5.74, 6) is -10.1. The quantitative estimate of drug-likeness (QED) is 0.0483. The molecule has 23 heteroatoms. The summed E-state index contributed by atoms with van der Waals surface area (Å²) < 4.78 is 39.8. The van der Waals surface area contributed by atoms with Crippen molar-refractivity contribution in [2.45, 2.75) is 99.1 Å². The number of Topliss-reactive ketones (excluding diaryl/α,β-unsaturated/α-hetero) is 1. The van der Waals surface area contributed by atoms with Gasteiger partial charge in [-0.2, -0.15) is 5.10 Å². The number of carboxylic acid groups (broad SMARTS) is 1. The van der Waals surface area contributed by atoms with Gasteiger partial charge in [0.05, 0.1) is 64.2 Å². The number of pyridine rings is 1. The summed E-state index contributed by atoms with van der Waals surface area (Å²) in [6.45, 7) is 20.4. The van der Waals surface area contributed by atoms with Crippen molar-refractivity contribution >= 4 is 62.9 Å². The van der Waals surface area contributed by atoms with Crippen molar-refractivity contribution in [2.24, 2.45) is 28.8 Å². The third-order valence-corrected chi connectivity index (χ3v) is 16.0. The zero-order valence-corrected chi connectivity index (χ0v) is 48.2. The summed E-state index contributed by atoms with van der Waals surface area (Å²) in [5, 5.41) is 79.3. The number of hydrogen-bond donors (Lipinski definition) is 8. The number of nitrogens with one attached hydrogen (secondary N) is 2. The number of phenolic OH excluding ortho intramolecular Hbond substituents is 3. The Bertz CT molecular complexity index is 3290. The van der Waals surface area contributed by atoms with E-state index in [0.29, 0.717) is 43.9 Å². The highest BCUT2D eigenvalue weighted by Gasteiger charge is 2.50. The van der Waals surface area contributed by atoms with Crippen molar-refractivity contribution in [1.29, 1.82) is 0 Å². The molecule has 0 unspecified atom stereocenters. The Morgan fingerprint density at radius 3 is 2.21 bits per heavy atom. The second-order valence-corrected chi connectivity index (χ2v) is 21.6. The molecule has 9 atom stereocenters. The van der Waals surface area contributed by atoms with Gasteiger partial charge in [-0.3, -0.25) is 24.2 Å². The number of anilines is 2. The topological polar surface area (TPSA) is 295 Å². The van der Waals surface area contributed by atoms with E-state index in [2.05, 4.69) is 20.6 Å². The Labute approximate surface area is 474 Å². The average Bonchev–Trinajstić information content (AvgIpc) is 2.42. The average molecular weight is 1140 g/mol. The van der Waals surface area contributed by atoms with Crippen LogP contribution in [0, 0.1) is 36.4 Å². The van der Waals surface area contributed by atoms with Crippen LogP contribution < -0.4 is 25.7 Å². The van der Waals surface area contributed by atoms with E-state index in [-0.39, 0.29) is 55.4 Å². The first-order valence-corrected chi connectivity index (χ1v) is 27.4. The zero-order chi connectivity index (χ0) is 60.2. The van der Waals surface area contributed by atoms with Crippen LogP contribution in [0.5, 0.6) is 23.0 Å². The van der Waals surface area contributed by atoms with Crippen LogP contribution in [0.1, 0.15) is 87.2 Å². The van der Waals surface area contributed by atoms with E-state index in [9.17, 15) is 53.9 Å². The molecular weight excluding hydrogens is 1070 g/mol. The maximum absolute atomic E-state index is 14.5. The number of aromatic nitrogens is 1. The van der Waals surface area contributed by atoms with Gasteiger partial charge in [0, 0.05) is 132 Å². The van der Waals surface area contributed by atoms with Crippen molar-refractivity contribution in [2.75, 3.05) is 76.7 Å². The summed E-state index contributed by atoms with van der Waals surface area (Å²) in [7, 11) is 3.42. The first kappa shape index (κ1) is 62.0. The summed E-state index contributed by atoms with van der Waals surface area (Å²) in [5.41, 5.74) is -0.338. The molecule has 3 aromatic carbocycles. The fraction of sp³-hybridized carbons (Fsp3) is 0.492. The van der Waals surface area contributed by atoms with Crippen LogP contribution in [-0.2, 0) is 30.3 Å². The number of ketones is 1. The van der Waals surface area contributed by atoms with Crippen LogP contribution in [0.15, 0.2) is 64.4 Å². The van der Waals surface area contributed by atoms with E-state index in [1.165, 1.54) is 65.6 Å². The molecule has 1 amide bonds. The normalized spacial score (nSPS) is 27.3. The molecule has 82 heavy (non-hydrogen) atoms. The van der Waals surface area contributed by atoms with Gasteiger partial charge in [0.25, 0.3) is 11.7 Å². The molecule has 4 aromatic rings. The number of allylic oxidation sites excluding steroid dienone is 2. The number of carbonyl (C=O) groups excluding carboxylic acids is 3. The fourth-order valence-electron chi connectivity index (χ4n) is 10.9. The number of methoxy groups -OCH3 is 1. The highest BCUT2D eigenvalue weighted by Crippen LogP contribution is 2.55. The van der Waals surface area contributed by atoms with Crippen molar-refractivity contribution in [1.82, 2.24) is 19.8 Å². The van der Waals surface area contributed by atoms with Crippen molar-refractivity contribution in [3.8, 4) is 23.0 Å². The lowest BCUT2D eigenvalue weighted by atomic mass is 9.78. The molecule has 22 nitrogen and oxygen atoms in total. The largest absolute Gasteiger partial charge is 0.507 e. The number of hydrogen-bond acceptors (Lipinski definition) is 19. The number of nitrogens with zero attached hydrogens (tertiary/aromatic N) is 5. The van der Waals surface area contributed by atoms with Crippen LogP contribution in [0.25, 0.3) is 21.7 Å². The number of esters is 1. The molecule has 8 N–H and O–H groups in total. The number of piperazine rings is 2. The summed E-state index contributed by atoms with van der Waals surface area (Å²) in [6.07, 6.45) is 6.19. The number of likely N-dealkylation sites (N-methyl/N-ethyl adjacent to an activating group) is 1. The smallest absolute Gasteiger partial charge is 0.341 e. The Hall–Kier alpha value is -7.57. The summed E-state index contributed by atoms with van der Waals surface area (Å²) in [6, 6.07) is 2.81. The van der Waals surface area contributed by atoms with Gasteiger partial charge in [0.15, 0.2) is 5.75 Å². The summed E-state index contributed by atoms with van der Waals surface area (Å²) in [4.78, 5) is 68.1. The number of carbonyl (C=O) groups is 4. The Kier molecular flexibility index (Phi) is 19.4. The number of amides is 1. The second-order valence-electron chi connectivity index (χ2n) is 21.6. The zero-order valence-electron chi connectivity index (χ0n) is 48.2. The van der Waals surface area contributed by atoms with Gasteiger partial charge < -0.3 is 74.6 Å². The molecule has 5 aliphatic rings. The maximum atomic E-state index is 14.5. The molecule has 9 rings (SSSR count). The molecule has 5 bridgehead atoms. The second kappa shape index (κ2) is 25.7. The number of halogens is 1. The lowest BCUT2D eigenvalue weighted by Crippen LogP contribution is -2.46. The number of phenols is 3. The fourth-order valence-corrected chi connectivity index (χ4v) is 10.9. The molecule has 0 aliphatic carbocycles. The van der Waals surface area contributed by atoms with Crippen molar-refractivity contribution in [3.05, 3.63) is 92.8 Å². The Morgan fingerprint density at radius 2 is 1.59 bits per heavy atom. The monoisotopic (exact) mass is 1140 g/mol. The summed E-state index contributed by atoms with van der Waals surface area (Å²) >= 11 is 0. The minimum Gasteiger partial charge on any atom is -0.507 e. The number of ether oxygens (including phenoxy) is 4. The van der Waals surface area contributed by atoms with Gasteiger partial charge in [-0.15, -0.1) is 0 Å². The molecule has 0 radical (unpaired) electrons. The van der Waals surface area contributed by atoms with Crippen LogP contribution >= 0.6 is 0 Å². The van der Waals surface area contributed by atoms with Crippen LogP contribution in [0.3, 0.4) is 0 Å². The molecule has 444 valence electrons. The molecular formula is C59H76FN7O15. The minimum absolute atomic E-state index is 0.0559. The van der Waals surface area contributed by atoms with E-state index in [1.54, 1.807) is 55.5 Å². The van der Waals surface area contributed by atoms with Crippen LogP contribution in [0.4, 0.5) is 15.8 Å². The maximum Gasteiger partial charge on any atom is 0.341 e. The number of aliphatic hydroxyl groups is 2. The first-order valence-electron chi connectivity index (χ1n) is 27.4. The first-order chi connectivity index (χ1) is 38.8. The van der Waals surface area contributed by atoms with E-state index < -0.39 is 106 Å². The van der Waals surface area contributed by atoms with Gasteiger partial charge in [0.2, 0.25) is 5.43 Å². The number of aromatic carboxylic acids is 1. The van der Waals surface area contributed by atoms with E-state index >= 15 is 0 Å². The highest BCUT2D eigenvalue weighted by molar-refractivity contribution is 6.24. The predicted molar refractivity (Wildman–Crippen MR) is 306 cm³/mol. The molecule has 0 spiro atoms. The number of aryl methyl sites for hydroxylation is 1. The Balaban J connectivity index is 0.000000348. The van der Waals surface area contributed by atoms with E-state index in [4.69, 9.17) is 24.1 Å². The van der Waals surface area contributed by atoms with Crippen LogP contribution in [-0.4, -0.2) is 172 Å². The Morgan fingerprint density at radius 1 is 0.915 bits per heavy atom. The standard InChI is InChI=1S/C43H58N4O12.C16H18FN3O3/c1-21-12-11-13-22(2)42(55)45-33-28(20-44-47-17-15-46(9)16-18-47)37(52)30-31(38(33)53)36(51)26(6)40-32(30)41(54)43(8,59-40)57-19-14-29(56-10)23(3)39(58-27(7)48)25(5)35(50)24(4)34(21)49;1-2-19-9-11(16(22)23)15(21)10-7-12(17)14(8-13(10)19)20-5-3-18-4-6-20/h11-14,19-21,23-25,29,34-35,39,49-53H,15-18H2,1-10H3,(H,45,55);7-9,18H,2-6H2,1H3,(H,22,23)/b12-11+,19-14+,22-13-,44-20+;/t21-,23+,24+,25+,29-,34-,35+,39+,43-;/m0./s1. The molecule has 1 aromatic heterocycles. The van der Waals surface area contributed by atoms with Crippen LogP contribution in [0.2, 0.25) is 0 Å². The van der Waals surface area contributed by atoms with E-state index in [1.807, 2.05) is 18.9 Å². The number of aliphatic hydroxyl groups excluding tert-OH is 2. The lowest BCUT2D eigenvalue weighted by Gasteiger charge is -2.38. The molecule has 6 heterocycles. The number of rotatable bonds is 7. The number of aromatic hydroxyl groups is 3.